The van der Waals surface area contributed by atoms with E-state index in [9.17, 15) is 9.59 Å². The molecule has 108 valence electrons. The van der Waals surface area contributed by atoms with E-state index in [0.717, 1.165) is 11.1 Å². The van der Waals surface area contributed by atoms with Gasteiger partial charge in [0.2, 0.25) is 0 Å². The van der Waals surface area contributed by atoms with Crippen LogP contribution in [0, 0.1) is 12.8 Å². The Morgan fingerprint density at radius 1 is 1.15 bits per heavy atom. The van der Waals surface area contributed by atoms with Gasteiger partial charge in [-0.2, -0.15) is 0 Å². The fourth-order valence-corrected chi connectivity index (χ4v) is 2.72. The van der Waals surface area contributed by atoms with Crippen LogP contribution in [0.3, 0.4) is 0 Å². The molecule has 5 nitrogen and oxygen atoms in total. The van der Waals surface area contributed by atoms with Crippen molar-refractivity contribution in [1.82, 2.24) is 5.32 Å². The third-order valence-electron chi connectivity index (χ3n) is 3.79. The highest BCUT2D eigenvalue weighted by atomic mass is 16.5. The molecule has 1 heterocycles. The number of nitrogens with one attached hydrogen (secondary N) is 1. The molecule has 0 amide bonds. The summed E-state index contributed by atoms with van der Waals surface area (Å²) in [6, 6.07) is 7.10. The van der Waals surface area contributed by atoms with Gasteiger partial charge in [-0.1, -0.05) is 24.3 Å². The summed E-state index contributed by atoms with van der Waals surface area (Å²) < 4.78 is 9.61. The molecule has 0 radical (unpaired) electrons. The summed E-state index contributed by atoms with van der Waals surface area (Å²) in [4.78, 5) is 23.6. The number of carbonyl (C=O) groups excluding carboxylic acids is 2. The van der Waals surface area contributed by atoms with Crippen molar-refractivity contribution in [2.24, 2.45) is 5.92 Å². The van der Waals surface area contributed by atoms with E-state index >= 15 is 0 Å². The van der Waals surface area contributed by atoms with Crippen LogP contribution in [0.2, 0.25) is 0 Å². The van der Waals surface area contributed by atoms with Crippen molar-refractivity contribution in [3.63, 3.8) is 0 Å². The molecule has 0 aliphatic carbocycles. The molecule has 2 rings (SSSR count). The van der Waals surface area contributed by atoms with Gasteiger partial charge < -0.3 is 9.47 Å². The Hall–Kier alpha value is -1.88. The largest absolute Gasteiger partial charge is 0.469 e. The van der Waals surface area contributed by atoms with Crippen LogP contribution >= 0.6 is 0 Å². The Kier molecular flexibility index (Phi) is 4.39. The van der Waals surface area contributed by atoms with Gasteiger partial charge in [-0.15, -0.1) is 0 Å². The van der Waals surface area contributed by atoms with Gasteiger partial charge in [0.25, 0.3) is 0 Å². The average molecular weight is 277 g/mol. The second-order valence-corrected chi connectivity index (χ2v) is 4.94. The molecular weight excluding hydrogens is 258 g/mol. The highest BCUT2D eigenvalue weighted by Crippen LogP contribution is 2.35. The van der Waals surface area contributed by atoms with Gasteiger partial charge in [-0.3, -0.25) is 14.9 Å². The summed E-state index contributed by atoms with van der Waals surface area (Å²) in [6.45, 7) is 1.98. The number of esters is 2. The fraction of sp³-hybridized carbons (Fsp3) is 0.467. The van der Waals surface area contributed by atoms with Gasteiger partial charge in [0.15, 0.2) is 0 Å². The molecule has 0 aromatic heterocycles. The summed E-state index contributed by atoms with van der Waals surface area (Å²) >= 11 is 0. The summed E-state index contributed by atoms with van der Waals surface area (Å²) in [5, 5.41) is 3.19. The molecular formula is C15H19NO4. The number of aryl methyl sites for hydroxylation is 1. The minimum absolute atomic E-state index is 0.229. The van der Waals surface area contributed by atoms with E-state index in [2.05, 4.69) is 5.32 Å². The molecule has 1 aromatic carbocycles. The first-order valence-corrected chi connectivity index (χ1v) is 6.55. The zero-order valence-corrected chi connectivity index (χ0v) is 11.9. The lowest BCUT2D eigenvalue weighted by molar-refractivity contribution is -0.146. The molecule has 3 atom stereocenters. The quantitative estimate of drug-likeness (QED) is 0.845. The Morgan fingerprint density at radius 3 is 2.40 bits per heavy atom. The summed E-state index contributed by atoms with van der Waals surface area (Å²) in [6.07, 6.45) is 0.387. The van der Waals surface area contributed by atoms with Crippen molar-refractivity contribution in [3.8, 4) is 0 Å². The summed E-state index contributed by atoms with van der Waals surface area (Å²) in [5.41, 5.74) is 2.08. The van der Waals surface area contributed by atoms with Crippen molar-refractivity contribution in [3.05, 3.63) is 35.4 Å². The minimum atomic E-state index is -0.478. The molecule has 0 bridgehead atoms. The second kappa shape index (κ2) is 6.05. The normalized spacial score (nSPS) is 25.2. The lowest BCUT2D eigenvalue weighted by Gasteiger charge is -2.20. The van der Waals surface area contributed by atoms with E-state index in [1.54, 1.807) is 0 Å². The van der Waals surface area contributed by atoms with E-state index in [0.29, 0.717) is 6.42 Å². The zero-order chi connectivity index (χ0) is 14.7. The maximum Gasteiger partial charge on any atom is 0.322 e. The van der Waals surface area contributed by atoms with Gasteiger partial charge in [-0.25, -0.2) is 0 Å². The standard InChI is InChI=1S/C15H19NO4/c1-9-6-4-5-7-10(9)13-11(14(17)19-2)8-12(16-13)15(18)20-3/h4-7,11-13,16H,8H2,1-3H3/t11-,12-,13-/m0/s1. The van der Waals surface area contributed by atoms with Crippen LogP contribution in [0.15, 0.2) is 24.3 Å². The van der Waals surface area contributed by atoms with Crippen molar-refractivity contribution < 1.29 is 19.1 Å². The van der Waals surface area contributed by atoms with Crippen LogP contribution in [0.1, 0.15) is 23.6 Å². The van der Waals surface area contributed by atoms with Crippen molar-refractivity contribution in [2.75, 3.05) is 14.2 Å². The van der Waals surface area contributed by atoms with E-state index in [-0.39, 0.29) is 23.9 Å². The van der Waals surface area contributed by atoms with Crippen LogP contribution in [0.4, 0.5) is 0 Å². The average Bonchev–Trinajstić information content (AvgIpc) is 2.91. The minimum Gasteiger partial charge on any atom is -0.469 e. The van der Waals surface area contributed by atoms with E-state index in [4.69, 9.17) is 9.47 Å². The van der Waals surface area contributed by atoms with Crippen LogP contribution < -0.4 is 5.32 Å². The van der Waals surface area contributed by atoms with E-state index in [1.165, 1.54) is 14.2 Å². The van der Waals surface area contributed by atoms with Crippen LogP contribution in [-0.4, -0.2) is 32.2 Å². The molecule has 1 aliphatic heterocycles. The zero-order valence-electron chi connectivity index (χ0n) is 11.9. The predicted molar refractivity (Wildman–Crippen MR) is 73.0 cm³/mol. The highest BCUT2D eigenvalue weighted by Gasteiger charge is 2.43. The number of hydrogen-bond acceptors (Lipinski definition) is 5. The van der Waals surface area contributed by atoms with Crippen LogP contribution in [0.25, 0.3) is 0 Å². The van der Waals surface area contributed by atoms with Gasteiger partial charge in [0, 0.05) is 6.04 Å². The highest BCUT2D eigenvalue weighted by molar-refractivity contribution is 5.80. The topological polar surface area (TPSA) is 64.6 Å². The van der Waals surface area contributed by atoms with E-state index in [1.807, 2.05) is 31.2 Å². The molecule has 1 aromatic rings. The maximum absolute atomic E-state index is 12.0. The molecule has 0 saturated carbocycles. The molecule has 1 fully saturated rings. The van der Waals surface area contributed by atoms with Crippen molar-refractivity contribution >= 4 is 11.9 Å². The van der Waals surface area contributed by atoms with Gasteiger partial charge >= 0.3 is 11.9 Å². The van der Waals surface area contributed by atoms with Crippen molar-refractivity contribution in [1.29, 1.82) is 0 Å². The molecule has 0 unspecified atom stereocenters. The van der Waals surface area contributed by atoms with Gasteiger partial charge in [-0.05, 0) is 24.5 Å². The van der Waals surface area contributed by atoms with Crippen molar-refractivity contribution in [2.45, 2.75) is 25.4 Å². The molecule has 20 heavy (non-hydrogen) atoms. The first kappa shape index (κ1) is 14.5. The number of methoxy groups -OCH3 is 2. The predicted octanol–water partition coefficient (Wildman–Crippen LogP) is 1.36. The summed E-state index contributed by atoms with van der Waals surface area (Å²) in [7, 11) is 2.71. The Morgan fingerprint density at radius 2 is 1.80 bits per heavy atom. The number of hydrogen-bond donors (Lipinski definition) is 1. The van der Waals surface area contributed by atoms with Crippen LogP contribution in [0.5, 0.6) is 0 Å². The van der Waals surface area contributed by atoms with Crippen LogP contribution in [-0.2, 0) is 19.1 Å². The molecule has 1 saturated heterocycles. The smallest absolute Gasteiger partial charge is 0.322 e. The number of benzene rings is 1. The monoisotopic (exact) mass is 277 g/mol. The second-order valence-electron chi connectivity index (χ2n) is 4.94. The number of carbonyl (C=O) groups is 2. The maximum atomic E-state index is 12.0. The van der Waals surface area contributed by atoms with E-state index < -0.39 is 6.04 Å². The number of rotatable bonds is 3. The third-order valence-corrected chi connectivity index (χ3v) is 3.79. The van der Waals surface area contributed by atoms with Gasteiger partial charge in [0.1, 0.15) is 6.04 Å². The molecule has 1 aliphatic rings. The molecule has 0 spiro atoms. The Balaban J connectivity index is 2.31. The van der Waals surface area contributed by atoms with Gasteiger partial charge in [0.05, 0.1) is 20.1 Å². The molecule has 1 N–H and O–H groups in total. The first-order chi connectivity index (χ1) is 9.58. The lowest BCUT2D eigenvalue weighted by Crippen LogP contribution is -2.33. The Bertz CT molecular complexity index is 514. The molecule has 5 heteroatoms. The number of ether oxygens (including phenoxy) is 2. The SMILES string of the molecule is COC(=O)[C@@H]1C[C@H](C(=O)OC)[C@H](c2ccccc2C)N1. The Labute approximate surface area is 118 Å². The lowest BCUT2D eigenvalue weighted by atomic mass is 9.91. The first-order valence-electron chi connectivity index (χ1n) is 6.55. The fourth-order valence-electron chi connectivity index (χ4n) is 2.72. The third kappa shape index (κ3) is 2.67. The summed E-state index contributed by atoms with van der Waals surface area (Å²) in [5.74, 6) is -1.04.